The average molecular weight is 230 g/mol. The second kappa shape index (κ2) is 4.84. The smallest absolute Gasteiger partial charge is 0.0131 e. The Balaban J connectivity index is 2.52. The molecule has 0 amide bonds. The van der Waals surface area contributed by atoms with Crippen molar-refractivity contribution >= 4 is 0 Å². The van der Waals surface area contributed by atoms with Crippen molar-refractivity contribution in [2.75, 3.05) is 0 Å². The molecular weight excluding hydrogens is 204 g/mol. The SMILES string of the molecule is CCCC1c2cccc(C)c2C(C)C(C)C1C. The predicted octanol–water partition coefficient (Wildman–Crippen LogP) is 5.27. The van der Waals surface area contributed by atoms with Crippen LogP contribution >= 0.6 is 0 Å². The lowest BCUT2D eigenvalue weighted by molar-refractivity contribution is 0.252. The Bertz CT molecular complexity index is 391. The highest BCUT2D eigenvalue weighted by molar-refractivity contribution is 5.42. The summed E-state index contributed by atoms with van der Waals surface area (Å²) >= 11 is 0. The van der Waals surface area contributed by atoms with Gasteiger partial charge < -0.3 is 0 Å². The number of rotatable bonds is 2. The standard InChI is InChI=1S/C17H26/c1-6-8-15-13(4)12(3)14(5)17-11(2)9-7-10-16(15)17/h7,9-10,12-15H,6,8H2,1-5H3. The lowest BCUT2D eigenvalue weighted by Gasteiger charge is -2.41. The summed E-state index contributed by atoms with van der Waals surface area (Å²) < 4.78 is 0. The molecule has 1 aliphatic carbocycles. The number of benzene rings is 1. The van der Waals surface area contributed by atoms with Gasteiger partial charge in [0, 0.05) is 0 Å². The van der Waals surface area contributed by atoms with Crippen LogP contribution in [-0.2, 0) is 0 Å². The van der Waals surface area contributed by atoms with Crippen LogP contribution in [0.15, 0.2) is 18.2 Å². The van der Waals surface area contributed by atoms with E-state index in [2.05, 4.69) is 52.8 Å². The van der Waals surface area contributed by atoms with Crippen LogP contribution in [0.5, 0.6) is 0 Å². The summed E-state index contributed by atoms with van der Waals surface area (Å²) in [7, 11) is 0. The van der Waals surface area contributed by atoms with Gasteiger partial charge in [0.15, 0.2) is 0 Å². The Morgan fingerprint density at radius 2 is 1.76 bits per heavy atom. The summed E-state index contributed by atoms with van der Waals surface area (Å²) in [6.45, 7) is 11.9. The zero-order valence-corrected chi connectivity index (χ0v) is 12.0. The summed E-state index contributed by atoms with van der Waals surface area (Å²) in [6, 6.07) is 6.90. The van der Waals surface area contributed by atoms with Crippen molar-refractivity contribution in [3.63, 3.8) is 0 Å². The van der Waals surface area contributed by atoms with Gasteiger partial charge in [-0.1, -0.05) is 52.3 Å². The molecule has 0 spiro atoms. The van der Waals surface area contributed by atoms with Crippen molar-refractivity contribution < 1.29 is 0 Å². The molecule has 0 aliphatic heterocycles. The monoisotopic (exact) mass is 230 g/mol. The maximum atomic E-state index is 2.45. The molecular formula is C17H26. The molecule has 4 atom stereocenters. The van der Waals surface area contributed by atoms with Crippen molar-refractivity contribution in [2.45, 2.75) is 59.3 Å². The van der Waals surface area contributed by atoms with Gasteiger partial charge >= 0.3 is 0 Å². The largest absolute Gasteiger partial charge is 0.0654 e. The van der Waals surface area contributed by atoms with Gasteiger partial charge in [-0.05, 0) is 53.7 Å². The summed E-state index contributed by atoms with van der Waals surface area (Å²) in [5, 5.41) is 0. The maximum absolute atomic E-state index is 2.45. The van der Waals surface area contributed by atoms with Crippen LogP contribution in [0, 0.1) is 18.8 Å². The van der Waals surface area contributed by atoms with Gasteiger partial charge in [0.25, 0.3) is 0 Å². The van der Waals surface area contributed by atoms with Crippen molar-refractivity contribution in [1.29, 1.82) is 0 Å². The fraction of sp³-hybridized carbons (Fsp3) is 0.647. The van der Waals surface area contributed by atoms with E-state index in [9.17, 15) is 0 Å². The summed E-state index contributed by atoms with van der Waals surface area (Å²) in [6.07, 6.45) is 2.64. The van der Waals surface area contributed by atoms with E-state index in [0.717, 1.165) is 17.8 Å². The Hall–Kier alpha value is -0.780. The van der Waals surface area contributed by atoms with E-state index in [0.29, 0.717) is 5.92 Å². The molecule has 94 valence electrons. The molecule has 0 N–H and O–H groups in total. The minimum atomic E-state index is 0.717. The van der Waals surface area contributed by atoms with Crippen LogP contribution < -0.4 is 0 Å². The summed E-state index contributed by atoms with van der Waals surface area (Å²) in [5.41, 5.74) is 4.79. The zero-order valence-electron chi connectivity index (χ0n) is 12.0. The Kier molecular flexibility index (Phi) is 3.61. The lowest BCUT2D eigenvalue weighted by atomic mass is 9.63. The molecule has 0 heteroatoms. The first kappa shape index (κ1) is 12.7. The quantitative estimate of drug-likeness (QED) is 0.649. The van der Waals surface area contributed by atoms with Gasteiger partial charge in [0.1, 0.15) is 0 Å². The van der Waals surface area contributed by atoms with Crippen molar-refractivity contribution in [3.8, 4) is 0 Å². The highest BCUT2D eigenvalue weighted by atomic mass is 14.4. The molecule has 4 unspecified atom stereocenters. The minimum Gasteiger partial charge on any atom is -0.0654 e. The average Bonchev–Trinajstić information content (AvgIpc) is 2.31. The second-order valence-electron chi connectivity index (χ2n) is 5.98. The summed E-state index contributed by atoms with van der Waals surface area (Å²) in [5.74, 6) is 3.12. The molecule has 0 fully saturated rings. The van der Waals surface area contributed by atoms with E-state index in [1.54, 1.807) is 11.1 Å². The highest BCUT2D eigenvalue weighted by Gasteiger charge is 2.35. The minimum absolute atomic E-state index is 0.717. The molecule has 1 aromatic rings. The van der Waals surface area contributed by atoms with E-state index in [1.807, 2.05) is 0 Å². The third-order valence-corrected chi connectivity index (χ3v) is 5.07. The van der Waals surface area contributed by atoms with E-state index < -0.39 is 0 Å². The topological polar surface area (TPSA) is 0 Å². The third-order valence-electron chi connectivity index (χ3n) is 5.07. The molecule has 0 heterocycles. The molecule has 0 saturated carbocycles. The van der Waals surface area contributed by atoms with Gasteiger partial charge in [0.05, 0.1) is 0 Å². The third kappa shape index (κ3) is 2.03. The van der Waals surface area contributed by atoms with Gasteiger partial charge in [-0.25, -0.2) is 0 Å². The van der Waals surface area contributed by atoms with Gasteiger partial charge in [-0.15, -0.1) is 0 Å². The van der Waals surface area contributed by atoms with Crippen LogP contribution in [-0.4, -0.2) is 0 Å². The normalized spacial score (nSPS) is 32.3. The molecule has 0 radical (unpaired) electrons. The number of aryl methyl sites for hydroxylation is 1. The first-order valence-corrected chi connectivity index (χ1v) is 7.17. The Morgan fingerprint density at radius 1 is 1.06 bits per heavy atom. The fourth-order valence-corrected chi connectivity index (χ4v) is 3.75. The van der Waals surface area contributed by atoms with Crippen molar-refractivity contribution in [2.24, 2.45) is 11.8 Å². The molecule has 0 bridgehead atoms. The highest BCUT2D eigenvalue weighted by Crippen LogP contribution is 2.48. The van der Waals surface area contributed by atoms with Crippen molar-refractivity contribution in [1.82, 2.24) is 0 Å². The van der Waals surface area contributed by atoms with Gasteiger partial charge in [-0.3, -0.25) is 0 Å². The second-order valence-corrected chi connectivity index (χ2v) is 5.98. The van der Waals surface area contributed by atoms with Crippen molar-refractivity contribution in [3.05, 3.63) is 34.9 Å². The predicted molar refractivity (Wildman–Crippen MR) is 75.6 cm³/mol. The molecule has 0 nitrogen and oxygen atoms in total. The van der Waals surface area contributed by atoms with Crippen LogP contribution in [0.4, 0.5) is 0 Å². The van der Waals surface area contributed by atoms with E-state index in [1.165, 1.54) is 18.4 Å². The first-order chi connectivity index (χ1) is 8.07. The Morgan fingerprint density at radius 3 is 2.41 bits per heavy atom. The molecule has 0 aromatic heterocycles. The molecule has 17 heavy (non-hydrogen) atoms. The number of hydrogen-bond acceptors (Lipinski definition) is 0. The van der Waals surface area contributed by atoms with E-state index in [-0.39, 0.29) is 0 Å². The van der Waals surface area contributed by atoms with Crippen LogP contribution in [0.25, 0.3) is 0 Å². The molecule has 0 saturated heterocycles. The van der Waals surface area contributed by atoms with Crippen LogP contribution in [0.1, 0.15) is 69.1 Å². The van der Waals surface area contributed by atoms with E-state index >= 15 is 0 Å². The van der Waals surface area contributed by atoms with E-state index in [4.69, 9.17) is 0 Å². The first-order valence-electron chi connectivity index (χ1n) is 7.17. The van der Waals surface area contributed by atoms with Gasteiger partial charge in [-0.2, -0.15) is 0 Å². The lowest BCUT2D eigenvalue weighted by Crippen LogP contribution is -2.29. The maximum Gasteiger partial charge on any atom is -0.0131 e. The summed E-state index contributed by atoms with van der Waals surface area (Å²) in [4.78, 5) is 0. The number of fused-ring (bicyclic) bond motifs is 1. The molecule has 1 aromatic carbocycles. The molecule has 2 rings (SSSR count). The van der Waals surface area contributed by atoms with Crippen LogP contribution in [0.3, 0.4) is 0 Å². The Labute approximate surface area is 106 Å². The fourth-order valence-electron chi connectivity index (χ4n) is 3.75. The molecule has 1 aliphatic rings. The van der Waals surface area contributed by atoms with Crippen LogP contribution in [0.2, 0.25) is 0 Å². The number of hydrogen-bond donors (Lipinski definition) is 0. The van der Waals surface area contributed by atoms with Gasteiger partial charge in [0.2, 0.25) is 0 Å². The zero-order chi connectivity index (χ0) is 12.6.